The Labute approximate surface area is 179 Å². The van der Waals surface area contributed by atoms with E-state index in [-0.39, 0.29) is 18.3 Å². The van der Waals surface area contributed by atoms with Gasteiger partial charge in [0.05, 0.1) is 10.6 Å². The third-order valence-electron chi connectivity index (χ3n) is 4.43. The lowest BCUT2D eigenvalue weighted by Crippen LogP contribution is -2.24. The van der Waals surface area contributed by atoms with Gasteiger partial charge < -0.3 is 10.4 Å². The SMILES string of the molecule is Cc1ccc(NC(=O)Cn2c(O)c(C=C3C=Nc4ccc(Br)cc43)sc2=O)cc1. The third-order valence-corrected chi connectivity index (χ3v) is 5.84. The normalized spacial score (nSPS) is 13.7. The van der Waals surface area contributed by atoms with Crippen molar-refractivity contribution >= 4 is 62.4 Å². The molecule has 6 nitrogen and oxygen atoms in total. The van der Waals surface area contributed by atoms with Crippen molar-refractivity contribution in [3.8, 4) is 5.88 Å². The Morgan fingerprint density at radius 1 is 1.28 bits per heavy atom. The zero-order valence-electron chi connectivity index (χ0n) is 15.3. The van der Waals surface area contributed by atoms with Crippen LogP contribution in [0.3, 0.4) is 0 Å². The van der Waals surface area contributed by atoms with Gasteiger partial charge in [-0.15, -0.1) is 0 Å². The van der Waals surface area contributed by atoms with Gasteiger partial charge in [-0.05, 0) is 43.3 Å². The molecule has 8 heteroatoms. The Morgan fingerprint density at radius 3 is 2.79 bits per heavy atom. The summed E-state index contributed by atoms with van der Waals surface area (Å²) in [5, 5.41) is 13.2. The van der Waals surface area contributed by atoms with Crippen LogP contribution in [0, 0.1) is 6.92 Å². The molecule has 0 aliphatic carbocycles. The van der Waals surface area contributed by atoms with Gasteiger partial charge >= 0.3 is 4.87 Å². The smallest absolute Gasteiger partial charge is 0.311 e. The first kappa shape index (κ1) is 19.4. The van der Waals surface area contributed by atoms with E-state index in [0.717, 1.165) is 42.8 Å². The Kier molecular flexibility index (Phi) is 5.21. The number of anilines is 1. The topological polar surface area (TPSA) is 83.7 Å². The minimum absolute atomic E-state index is 0.233. The standard InChI is InChI=1S/C21H16BrN3O3S/c1-12-2-5-15(6-3-12)24-19(26)11-25-20(27)18(29-21(25)28)8-13-10-23-17-7-4-14(22)9-16(13)17/h2-10,27H,11H2,1H3,(H,24,26). The van der Waals surface area contributed by atoms with Gasteiger partial charge in [0, 0.05) is 27.5 Å². The molecule has 1 amide bonds. The van der Waals surface area contributed by atoms with Gasteiger partial charge in [0.2, 0.25) is 11.8 Å². The minimum Gasteiger partial charge on any atom is -0.493 e. The fraction of sp³-hybridized carbons (Fsp3) is 0.0952. The lowest BCUT2D eigenvalue weighted by atomic mass is 10.1. The summed E-state index contributed by atoms with van der Waals surface area (Å²) in [4.78, 5) is 29.0. The van der Waals surface area contributed by atoms with Crippen LogP contribution in [0.4, 0.5) is 11.4 Å². The number of fused-ring (bicyclic) bond motifs is 1. The Balaban J connectivity index is 1.57. The van der Waals surface area contributed by atoms with Crippen LogP contribution in [-0.2, 0) is 11.3 Å². The van der Waals surface area contributed by atoms with Crippen LogP contribution in [0.15, 0.2) is 56.7 Å². The van der Waals surface area contributed by atoms with Crippen LogP contribution < -0.4 is 10.2 Å². The van der Waals surface area contributed by atoms with E-state index in [4.69, 9.17) is 0 Å². The molecule has 4 rings (SSSR count). The number of amides is 1. The Morgan fingerprint density at radius 2 is 2.03 bits per heavy atom. The van der Waals surface area contributed by atoms with E-state index in [1.54, 1.807) is 24.4 Å². The second kappa shape index (κ2) is 7.81. The summed E-state index contributed by atoms with van der Waals surface area (Å²) in [7, 11) is 0. The minimum atomic E-state index is -0.405. The number of hydrogen-bond acceptors (Lipinski definition) is 5. The maximum absolute atomic E-state index is 12.3. The number of aliphatic imine (C=N–C) groups is 1. The summed E-state index contributed by atoms with van der Waals surface area (Å²) in [5.41, 5.74) is 4.23. The van der Waals surface area contributed by atoms with Crippen LogP contribution in [0.5, 0.6) is 5.88 Å². The molecule has 0 atom stereocenters. The van der Waals surface area contributed by atoms with E-state index in [0.29, 0.717) is 10.6 Å². The predicted octanol–water partition coefficient (Wildman–Crippen LogP) is 4.58. The second-order valence-corrected chi connectivity index (χ2v) is 8.48. The zero-order chi connectivity index (χ0) is 20.5. The first-order valence-corrected chi connectivity index (χ1v) is 10.4. The zero-order valence-corrected chi connectivity index (χ0v) is 17.8. The highest BCUT2D eigenvalue weighted by molar-refractivity contribution is 9.10. The van der Waals surface area contributed by atoms with Crippen molar-refractivity contribution in [2.45, 2.75) is 13.5 Å². The summed E-state index contributed by atoms with van der Waals surface area (Å²) >= 11 is 4.32. The van der Waals surface area contributed by atoms with E-state index in [1.165, 1.54) is 0 Å². The highest BCUT2D eigenvalue weighted by atomic mass is 79.9. The van der Waals surface area contributed by atoms with E-state index in [1.807, 2.05) is 37.3 Å². The molecule has 0 saturated carbocycles. The van der Waals surface area contributed by atoms with Crippen molar-refractivity contribution in [3.05, 3.63) is 72.6 Å². The van der Waals surface area contributed by atoms with Gasteiger partial charge in [-0.25, -0.2) is 0 Å². The number of benzene rings is 2. The average molecular weight is 470 g/mol. The molecule has 0 radical (unpaired) electrons. The molecule has 2 aromatic carbocycles. The van der Waals surface area contributed by atoms with Crippen molar-refractivity contribution < 1.29 is 9.90 Å². The van der Waals surface area contributed by atoms with Crippen LogP contribution in [0.2, 0.25) is 0 Å². The molecular weight excluding hydrogens is 454 g/mol. The molecule has 0 spiro atoms. The van der Waals surface area contributed by atoms with Crippen LogP contribution in [-0.4, -0.2) is 21.8 Å². The Bertz CT molecular complexity index is 1220. The molecule has 1 aromatic heterocycles. The maximum Gasteiger partial charge on any atom is 0.311 e. The molecular formula is C21H16BrN3O3S. The lowest BCUT2D eigenvalue weighted by molar-refractivity contribution is -0.116. The van der Waals surface area contributed by atoms with Crippen molar-refractivity contribution in [2.75, 3.05) is 5.32 Å². The quantitative estimate of drug-likeness (QED) is 0.586. The predicted molar refractivity (Wildman–Crippen MR) is 120 cm³/mol. The molecule has 1 aliphatic heterocycles. The van der Waals surface area contributed by atoms with Crippen molar-refractivity contribution in [1.82, 2.24) is 4.57 Å². The summed E-state index contributed by atoms with van der Waals surface area (Å²) < 4.78 is 1.98. The maximum atomic E-state index is 12.3. The molecule has 146 valence electrons. The second-order valence-electron chi connectivity index (χ2n) is 6.58. The lowest BCUT2D eigenvalue weighted by Gasteiger charge is -2.07. The van der Waals surface area contributed by atoms with Crippen molar-refractivity contribution in [2.24, 2.45) is 4.99 Å². The van der Waals surface area contributed by atoms with E-state index >= 15 is 0 Å². The fourth-order valence-electron chi connectivity index (χ4n) is 2.95. The van der Waals surface area contributed by atoms with Crippen LogP contribution in [0.1, 0.15) is 16.0 Å². The number of aryl methyl sites for hydroxylation is 1. The number of halogens is 1. The molecule has 0 unspecified atom stereocenters. The molecule has 0 fully saturated rings. The Hall–Kier alpha value is -2.97. The highest BCUT2D eigenvalue weighted by Gasteiger charge is 2.18. The molecule has 2 N–H and O–H groups in total. The van der Waals surface area contributed by atoms with Crippen LogP contribution in [0.25, 0.3) is 11.6 Å². The van der Waals surface area contributed by atoms with E-state index in [2.05, 4.69) is 26.2 Å². The molecule has 0 bridgehead atoms. The highest BCUT2D eigenvalue weighted by Crippen LogP contribution is 2.36. The monoisotopic (exact) mass is 469 g/mol. The number of allylic oxidation sites excluding steroid dienone is 1. The fourth-order valence-corrected chi connectivity index (χ4v) is 4.14. The number of rotatable bonds is 4. The van der Waals surface area contributed by atoms with E-state index < -0.39 is 4.87 Å². The van der Waals surface area contributed by atoms with E-state index in [9.17, 15) is 14.7 Å². The van der Waals surface area contributed by atoms with Crippen molar-refractivity contribution in [3.63, 3.8) is 0 Å². The average Bonchev–Trinajstić information content (AvgIpc) is 3.19. The summed E-state index contributed by atoms with van der Waals surface area (Å²) in [6, 6.07) is 13.1. The molecule has 3 aromatic rings. The van der Waals surface area contributed by atoms with Gasteiger partial charge in [-0.2, -0.15) is 0 Å². The first-order chi connectivity index (χ1) is 13.9. The number of thiazole rings is 1. The molecule has 29 heavy (non-hydrogen) atoms. The number of hydrogen-bond donors (Lipinski definition) is 2. The van der Waals surface area contributed by atoms with Crippen LogP contribution >= 0.6 is 27.3 Å². The first-order valence-electron chi connectivity index (χ1n) is 8.75. The number of aromatic nitrogens is 1. The van der Waals surface area contributed by atoms with Gasteiger partial charge in [0.1, 0.15) is 6.54 Å². The molecule has 0 saturated heterocycles. The number of nitrogens with one attached hydrogen (secondary N) is 1. The molecule has 1 aliphatic rings. The third kappa shape index (κ3) is 4.08. The number of nitrogens with zero attached hydrogens (tertiary/aromatic N) is 2. The number of carbonyl (C=O) groups is 1. The summed E-state index contributed by atoms with van der Waals surface area (Å²) in [6.45, 7) is 1.69. The van der Waals surface area contributed by atoms with Gasteiger partial charge in [0.25, 0.3) is 0 Å². The van der Waals surface area contributed by atoms with Gasteiger partial charge in [-0.1, -0.05) is 45.0 Å². The van der Waals surface area contributed by atoms with Gasteiger partial charge in [-0.3, -0.25) is 19.1 Å². The number of aromatic hydroxyl groups is 1. The summed E-state index contributed by atoms with van der Waals surface area (Å²) in [5.74, 6) is -0.622. The number of carbonyl (C=O) groups excluding carboxylic acids is 1. The van der Waals surface area contributed by atoms with Gasteiger partial charge in [0.15, 0.2) is 0 Å². The summed E-state index contributed by atoms with van der Waals surface area (Å²) in [6.07, 6.45) is 3.40. The largest absolute Gasteiger partial charge is 0.493 e. The van der Waals surface area contributed by atoms with Crippen molar-refractivity contribution in [1.29, 1.82) is 0 Å². The molecule has 2 heterocycles.